The summed E-state index contributed by atoms with van der Waals surface area (Å²) in [6, 6.07) is 15.8. The van der Waals surface area contributed by atoms with Gasteiger partial charge < -0.3 is 24.5 Å². The molecule has 142 valence electrons. The number of ether oxygens (including phenoxy) is 2. The number of amides is 2. The first-order valence-electron chi connectivity index (χ1n) is 8.44. The van der Waals surface area contributed by atoms with Gasteiger partial charge in [-0.15, -0.1) is 11.8 Å². The molecule has 1 aliphatic rings. The van der Waals surface area contributed by atoms with Gasteiger partial charge in [-0.2, -0.15) is 0 Å². The van der Waals surface area contributed by atoms with Crippen molar-refractivity contribution >= 4 is 35.0 Å². The van der Waals surface area contributed by atoms with Crippen molar-refractivity contribution in [2.75, 3.05) is 23.2 Å². The van der Waals surface area contributed by atoms with E-state index in [1.165, 1.54) is 18.0 Å². The molecule has 28 heavy (non-hydrogen) atoms. The predicted molar refractivity (Wildman–Crippen MR) is 105 cm³/mol. The van der Waals surface area contributed by atoms with Crippen LogP contribution in [0.15, 0.2) is 70.2 Å². The smallest absolute Gasteiger partial charge is 0.291 e. The Morgan fingerprint density at radius 1 is 0.929 bits per heavy atom. The van der Waals surface area contributed by atoms with Crippen molar-refractivity contribution < 1.29 is 23.5 Å². The number of hydrogen-bond acceptors (Lipinski definition) is 6. The average Bonchev–Trinajstić information content (AvgIpc) is 3.38. The molecule has 2 aromatic carbocycles. The Morgan fingerprint density at radius 3 is 2.64 bits per heavy atom. The number of anilines is 2. The van der Waals surface area contributed by atoms with Crippen LogP contribution in [0.4, 0.5) is 11.4 Å². The summed E-state index contributed by atoms with van der Waals surface area (Å²) < 4.78 is 15.6. The van der Waals surface area contributed by atoms with E-state index in [2.05, 4.69) is 10.6 Å². The van der Waals surface area contributed by atoms with E-state index in [0.717, 1.165) is 4.90 Å². The molecule has 7 nitrogen and oxygen atoms in total. The van der Waals surface area contributed by atoms with E-state index in [1.54, 1.807) is 42.5 Å². The van der Waals surface area contributed by atoms with Crippen molar-refractivity contribution in [3.63, 3.8) is 0 Å². The first-order chi connectivity index (χ1) is 13.7. The molecule has 1 aromatic heterocycles. The molecule has 8 heteroatoms. The number of nitrogens with one attached hydrogen (secondary N) is 2. The second-order valence-corrected chi connectivity index (χ2v) is 6.91. The highest BCUT2D eigenvalue weighted by Crippen LogP contribution is 2.34. The lowest BCUT2D eigenvalue weighted by atomic mass is 10.3. The third-order valence-corrected chi connectivity index (χ3v) is 4.86. The Kier molecular flexibility index (Phi) is 5.20. The number of fused-ring (bicyclic) bond motifs is 1. The Morgan fingerprint density at radius 2 is 1.79 bits per heavy atom. The van der Waals surface area contributed by atoms with E-state index in [4.69, 9.17) is 13.9 Å². The first kappa shape index (κ1) is 18.0. The van der Waals surface area contributed by atoms with Gasteiger partial charge in [0.25, 0.3) is 5.91 Å². The molecule has 4 rings (SSSR count). The molecule has 0 saturated heterocycles. The van der Waals surface area contributed by atoms with E-state index in [0.29, 0.717) is 22.9 Å². The van der Waals surface area contributed by atoms with Gasteiger partial charge in [-0.05, 0) is 42.5 Å². The topological polar surface area (TPSA) is 89.8 Å². The lowest BCUT2D eigenvalue weighted by molar-refractivity contribution is -0.113. The highest BCUT2D eigenvalue weighted by molar-refractivity contribution is 8.00. The van der Waals surface area contributed by atoms with Crippen LogP contribution in [0.3, 0.4) is 0 Å². The van der Waals surface area contributed by atoms with Crippen LogP contribution in [0.1, 0.15) is 10.6 Å². The van der Waals surface area contributed by atoms with E-state index in [-0.39, 0.29) is 30.1 Å². The van der Waals surface area contributed by atoms with Crippen LogP contribution in [0.25, 0.3) is 0 Å². The molecular formula is C20H16N2O5S. The summed E-state index contributed by atoms with van der Waals surface area (Å²) in [4.78, 5) is 25.1. The second-order valence-electron chi connectivity index (χ2n) is 5.86. The summed E-state index contributed by atoms with van der Waals surface area (Å²) in [6.07, 6.45) is 1.44. The van der Waals surface area contributed by atoms with Gasteiger partial charge in [0.2, 0.25) is 12.7 Å². The molecule has 0 bridgehead atoms. The summed E-state index contributed by atoms with van der Waals surface area (Å²) in [5.41, 5.74) is 1.27. The van der Waals surface area contributed by atoms with Crippen molar-refractivity contribution in [1.29, 1.82) is 0 Å². The SMILES string of the molecule is O=C(CSc1cccc(NC(=O)c2ccco2)c1)Nc1ccc2c(c1)OCO2. The Labute approximate surface area is 165 Å². The molecule has 2 N–H and O–H groups in total. The van der Waals surface area contributed by atoms with E-state index in [9.17, 15) is 9.59 Å². The summed E-state index contributed by atoms with van der Waals surface area (Å²) in [6.45, 7) is 0.190. The van der Waals surface area contributed by atoms with Crippen LogP contribution >= 0.6 is 11.8 Å². The van der Waals surface area contributed by atoms with Gasteiger partial charge >= 0.3 is 0 Å². The van der Waals surface area contributed by atoms with Crippen LogP contribution in [0.2, 0.25) is 0 Å². The van der Waals surface area contributed by atoms with Crippen molar-refractivity contribution in [3.05, 3.63) is 66.6 Å². The van der Waals surface area contributed by atoms with Gasteiger partial charge in [0.05, 0.1) is 12.0 Å². The zero-order valence-corrected chi connectivity index (χ0v) is 15.5. The van der Waals surface area contributed by atoms with Crippen LogP contribution in [0, 0.1) is 0 Å². The van der Waals surface area contributed by atoms with Gasteiger partial charge in [0.1, 0.15) is 0 Å². The fourth-order valence-electron chi connectivity index (χ4n) is 2.58. The summed E-state index contributed by atoms with van der Waals surface area (Å²) in [7, 11) is 0. The minimum absolute atomic E-state index is 0.145. The Balaban J connectivity index is 1.32. The highest BCUT2D eigenvalue weighted by Gasteiger charge is 2.14. The highest BCUT2D eigenvalue weighted by atomic mass is 32.2. The summed E-state index contributed by atoms with van der Waals surface area (Å²) in [5, 5.41) is 5.59. The number of carbonyl (C=O) groups is 2. The molecule has 0 fully saturated rings. The maximum atomic E-state index is 12.2. The molecule has 0 aliphatic carbocycles. The van der Waals surface area contributed by atoms with Crippen LogP contribution in [0.5, 0.6) is 11.5 Å². The van der Waals surface area contributed by atoms with Crippen LogP contribution in [-0.4, -0.2) is 24.4 Å². The number of rotatable bonds is 6. The standard InChI is InChI=1S/C20H16N2O5S/c23-19(21-14-6-7-16-18(10-14)27-12-26-16)11-28-15-4-1-3-13(9-15)22-20(24)17-5-2-8-25-17/h1-10H,11-12H2,(H,21,23)(H,22,24). The van der Waals surface area contributed by atoms with E-state index in [1.807, 2.05) is 12.1 Å². The second kappa shape index (κ2) is 8.10. The quantitative estimate of drug-likeness (QED) is 0.613. The third kappa shape index (κ3) is 4.29. The molecule has 1 aliphatic heterocycles. The number of furan rings is 1. The minimum Gasteiger partial charge on any atom is -0.459 e. The molecule has 2 amide bonds. The molecule has 0 atom stereocenters. The molecule has 0 spiro atoms. The van der Waals surface area contributed by atoms with Gasteiger partial charge in [-0.25, -0.2) is 0 Å². The molecule has 3 aromatic rings. The summed E-state index contributed by atoms with van der Waals surface area (Å²) >= 11 is 1.37. The fraction of sp³-hybridized carbons (Fsp3) is 0.100. The average molecular weight is 396 g/mol. The molecule has 0 saturated carbocycles. The van der Waals surface area contributed by atoms with E-state index >= 15 is 0 Å². The van der Waals surface area contributed by atoms with Crippen molar-refractivity contribution in [2.45, 2.75) is 4.90 Å². The normalized spacial score (nSPS) is 11.9. The van der Waals surface area contributed by atoms with E-state index < -0.39 is 0 Å². The number of thioether (sulfide) groups is 1. The lowest BCUT2D eigenvalue weighted by Crippen LogP contribution is -2.14. The molecule has 2 heterocycles. The predicted octanol–water partition coefficient (Wildman–Crippen LogP) is 3.99. The molecule has 0 radical (unpaired) electrons. The lowest BCUT2D eigenvalue weighted by Gasteiger charge is -2.08. The van der Waals surface area contributed by atoms with Gasteiger partial charge in [-0.3, -0.25) is 9.59 Å². The maximum absolute atomic E-state index is 12.2. The molecular weight excluding hydrogens is 380 g/mol. The number of carbonyl (C=O) groups excluding carboxylic acids is 2. The summed E-state index contributed by atoms with van der Waals surface area (Å²) in [5.74, 6) is 1.28. The van der Waals surface area contributed by atoms with Crippen molar-refractivity contribution in [2.24, 2.45) is 0 Å². The van der Waals surface area contributed by atoms with Crippen molar-refractivity contribution in [3.8, 4) is 11.5 Å². The van der Waals surface area contributed by atoms with Crippen LogP contribution < -0.4 is 20.1 Å². The minimum atomic E-state index is -0.326. The fourth-order valence-corrected chi connectivity index (χ4v) is 3.34. The van der Waals surface area contributed by atoms with Crippen LogP contribution in [-0.2, 0) is 4.79 Å². The Hall–Kier alpha value is -3.39. The Bertz CT molecular complexity index is 1000. The number of hydrogen-bond donors (Lipinski definition) is 2. The first-order valence-corrected chi connectivity index (χ1v) is 9.43. The largest absolute Gasteiger partial charge is 0.459 e. The maximum Gasteiger partial charge on any atom is 0.291 e. The van der Waals surface area contributed by atoms with Crippen molar-refractivity contribution in [1.82, 2.24) is 0 Å². The van der Waals surface area contributed by atoms with Gasteiger partial charge in [0.15, 0.2) is 17.3 Å². The van der Waals surface area contributed by atoms with Gasteiger partial charge in [0, 0.05) is 22.3 Å². The molecule has 0 unspecified atom stereocenters. The third-order valence-electron chi connectivity index (χ3n) is 3.86. The monoisotopic (exact) mass is 396 g/mol. The zero-order valence-electron chi connectivity index (χ0n) is 14.6. The zero-order chi connectivity index (χ0) is 19.3. The number of benzene rings is 2. The van der Waals surface area contributed by atoms with Gasteiger partial charge in [-0.1, -0.05) is 6.07 Å².